The lowest BCUT2D eigenvalue weighted by atomic mass is 10.0. The first kappa shape index (κ1) is 17.7. The van der Waals surface area contributed by atoms with Crippen molar-refractivity contribution in [3.05, 3.63) is 28.5 Å². The highest BCUT2D eigenvalue weighted by molar-refractivity contribution is 9.10. The number of pyridine rings is 1. The van der Waals surface area contributed by atoms with Crippen LogP contribution in [0.3, 0.4) is 0 Å². The number of cyclic esters (lactones) is 1. The van der Waals surface area contributed by atoms with Gasteiger partial charge >= 0.3 is 12.1 Å². The van der Waals surface area contributed by atoms with Crippen LogP contribution in [0.5, 0.6) is 0 Å². The second kappa shape index (κ2) is 7.38. The number of rotatable bonds is 3. The summed E-state index contributed by atoms with van der Waals surface area (Å²) in [6, 6.07) is 4.33. The zero-order valence-corrected chi connectivity index (χ0v) is 15.3. The molecule has 0 N–H and O–H groups in total. The van der Waals surface area contributed by atoms with Crippen molar-refractivity contribution < 1.29 is 23.9 Å². The quantitative estimate of drug-likeness (QED) is 0.552. The SMILES string of the molecule is COC(=O)C1COC(=O)N1C1CCN(C(=O)c2cccc(Br)n2)CC1. The Bertz CT molecular complexity index is 690. The van der Waals surface area contributed by atoms with Gasteiger partial charge in [-0.3, -0.25) is 9.69 Å². The van der Waals surface area contributed by atoms with Crippen LogP contribution in [0.4, 0.5) is 4.79 Å². The summed E-state index contributed by atoms with van der Waals surface area (Å²) >= 11 is 3.26. The van der Waals surface area contributed by atoms with Gasteiger partial charge in [0.15, 0.2) is 6.04 Å². The Balaban J connectivity index is 1.64. The van der Waals surface area contributed by atoms with Gasteiger partial charge in [0.1, 0.15) is 16.9 Å². The summed E-state index contributed by atoms with van der Waals surface area (Å²) in [5.74, 6) is -0.629. The standard InChI is InChI=1S/C16H18BrN3O5/c1-24-15(22)12-9-25-16(23)20(12)10-5-7-19(8-6-10)14(21)11-3-2-4-13(17)18-11/h2-4,10,12H,5-9H2,1H3. The van der Waals surface area contributed by atoms with E-state index in [0.717, 1.165) is 0 Å². The number of halogens is 1. The number of esters is 1. The van der Waals surface area contributed by atoms with Crippen molar-refractivity contribution in [1.82, 2.24) is 14.8 Å². The van der Waals surface area contributed by atoms with Crippen molar-refractivity contribution in [3.8, 4) is 0 Å². The lowest BCUT2D eigenvalue weighted by molar-refractivity contribution is -0.145. The van der Waals surface area contributed by atoms with Crippen LogP contribution in [0.15, 0.2) is 22.8 Å². The molecule has 1 atom stereocenters. The molecule has 3 heterocycles. The van der Waals surface area contributed by atoms with Crippen LogP contribution in [-0.4, -0.2) is 71.6 Å². The number of carbonyl (C=O) groups is 3. The number of methoxy groups -OCH3 is 1. The Morgan fingerprint density at radius 3 is 2.68 bits per heavy atom. The Hall–Kier alpha value is -2.16. The lowest BCUT2D eigenvalue weighted by Gasteiger charge is -2.37. The highest BCUT2D eigenvalue weighted by Crippen LogP contribution is 2.25. The predicted octanol–water partition coefficient (Wildman–Crippen LogP) is 1.44. The fraction of sp³-hybridized carbons (Fsp3) is 0.500. The van der Waals surface area contributed by atoms with Gasteiger partial charge in [0.25, 0.3) is 5.91 Å². The first-order chi connectivity index (χ1) is 12.0. The number of nitrogens with zero attached hydrogens (tertiary/aromatic N) is 3. The van der Waals surface area contributed by atoms with E-state index in [9.17, 15) is 14.4 Å². The molecule has 0 spiro atoms. The number of ether oxygens (including phenoxy) is 2. The van der Waals surface area contributed by atoms with Crippen LogP contribution >= 0.6 is 15.9 Å². The number of carbonyl (C=O) groups excluding carboxylic acids is 3. The normalized spacial score (nSPS) is 21.2. The summed E-state index contributed by atoms with van der Waals surface area (Å²) in [5.41, 5.74) is 0.376. The smallest absolute Gasteiger partial charge is 0.410 e. The molecule has 0 radical (unpaired) electrons. The first-order valence-corrected chi connectivity index (χ1v) is 8.75. The van der Waals surface area contributed by atoms with E-state index >= 15 is 0 Å². The number of aromatic nitrogens is 1. The van der Waals surface area contributed by atoms with Crippen molar-refractivity contribution in [2.45, 2.75) is 24.9 Å². The van der Waals surface area contributed by atoms with Gasteiger partial charge in [0.05, 0.1) is 7.11 Å². The van der Waals surface area contributed by atoms with E-state index in [4.69, 9.17) is 9.47 Å². The zero-order valence-electron chi connectivity index (χ0n) is 13.7. The Morgan fingerprint density at radius 1 is 1.32 bits per heavy atom. The highest BCUT2D eigenvalue weighted by atomic mass is 79.9. The predicted molar refractivity (Wildman–Crippen MR) is 89.9 cm³/mol. The molecule has 2 fully saturated rings. The largest absolute Gasteiger partial charge is 0.467 e. The van der Waals surface area contributed by atoms with Gasteiger partial charge < -0.3 is 14.4 Å². The second-order valence-corrected chi connectivity index (χ2v) is 6.70. The number of amides is 2. The molecule has 2 aliphatic rings. The molecule has 8 nitrogen and oxygen atoms in total. The summed E-state index contributed by atoms with van der Waals surface area (Å²) in [7, 11) is 1.29. The number of piperidine rings is 1. The fourth-order valence-corrected chi connectivity index (χ4v) is 3.53. The van der Waals surface area contributed by atoms with Crippen LogP contribution in [0.25, 0.3) is 0 Å². The minimum Gasteiger partial charge on any atom is -0.467 e. The topological polar surface area (TPSA) is 89.0 Å². The van der Waals surface area contributed by atoms with Gasteiger partial charge in [-0.1, -0.05) is 6.07 Å². The molecule has 0 aromatic carbocycles. The molecule has 1 aromatic heterocycles. The van der Waals surface area contributed by atoms with Crippen molar-refractivity contribution >= 4 is 33.9 Å². The van der Waals surface area contributed by atoms with Crippen molar-refractivity contribution in [2.24, 2.45) is 0 Å². The van der Waals surface area contributed by atoms with E-state index in [-0.39, 0.29) is 18.6 Å². The molecule has 0 saturated carbocycles. The van der Waals surface area contributed by atoms with Crippen LogP contribution in [0.2, 0.25) is 0 Å². The molecule has 0 bridgehead atoms. The van der Waals surface area contributed by atoms with Crippen LogP contribution in [-0.2, 0) is 14.3 Å². The van der Waals surface area contributed by atoms with E-state index in [1.54, 1.807) is 23.1 Å². The summed E-state index contributed by atoms with van der Waals surface area (Å²) in [5, 5.41) is 0. The molecule has 134 valence electrons. The molecular weight excluding hydrogens is 394 g/mol. The maximum Gasteiger partial charge on any atom is 0.410 e. The zero-order chi connectivity index (χ0) is 18.0. The Labute approximate surface area is 153 Å². The molecular formula is C16H18BrN3O5. The molecule has 2 amide bonds. The van der Waals surface area contributed by atoms with Gasteiger partial charge in [0.2, 0.25) is 0 Å². The van der Waals surface area contributed by atoms with Crippen molar-refractivity contribution in [3.63, 3.8) is 0 Å². The van der Waals surface area contributed by atoms with E-state index in [2.05, 4.69) is 20.9 Å². The molecule has 1 unspecified atom stereocenters. The average Bonchev–Trinajstić information content (AvgIpc) is 3.02. The van der Waals surface area contributed by atoms with Gasteiger partial charge in [-0.25, -0.2) is 14.6 Å². The molecule has 3 rings (SSSR count). The third-order valence-electron chi connectivity index (χ3n) is 4.46. The van der Waals surface area contributed by atoms with E-state index in [1.165, 1.54) is 12.0 Å². The van der Waals surface area contributed by atoms with Crippen molar-refractivity contribution in [2.75, 3.05) is 26.8 Å². The minimum atomic E-state index is -0.712. The summed E-state index contributed by atoms with van der Waals surface area (Å²) in [6.45, 7) is 0.970. The van der Waals surface area contributed by atoms with Gasteiger partial charge in [-0.15, -0.1) is 0 Å². The molecule has 2 saturated heterocycles. The van der Waals surface area contributed by atoms with E-state index in [1.807, 2.05) is 0 Å². The van der Waals surface area contributed by atoms with Crippen LogP contribution in [0.1, 0.15) is 23.3 Å². The van der Waals surface area contributed by atoms with E-state index in [0.29, 0.717) is 36.2 Å². The summed E-state index contributed by atoms with van der Waals surface area (Å²) < 4.78 is 10.3. The maximum atomic E-state index is 12.5. The van der Waals surface area contributed by atoms with Gasteiger partial charge in [0, 0.05) is 19.1 Å². The lowest BCUT2D eigenvalue weighted by Crippen LogP contribution is -2.52. The summed E-state index contributed by atoms with van der Waals surface area (Å²) in [4.78, 5) is 43.7. The van der Waals surface area contributed by atoms with Crippen LogP contribution in [0, 0.1) is 0 Å². The van der Waals surface area contributed by atoms with Crippen molar-refractivity contribution in [1.29, 1.82) is 0 Å². The maximum absolute atomic E-state index is 12.5. The molecule has 2 aliphatic heterocycles. The Kier molecular flexibility index (Phi) is 5.22. The van der Waals surface area contributed by atoms with Gasteiger partial charge in [-0.2, -0.15) is 0 Å². The minimum absolute atomic E-state index is 0.00656. The second-order valence-electron chi connectivity index (χ2n) is 5.89. The molecule has 0 aliphatic carbocycles. The summed E-state index contributed by atoms with van der Waals surface area (Å²) in [6.07, 6.45) is 0.638. The van der Waals surface area contributed by atoms with Gasteiger partial charge in [-0.05, 0) is 40.9 Å². The third-order valence-corrected chi connectivity index (χ3v) is 4.91. The number of hydrogen-bond donors (Lipinski definition) is 0. The number of likely N-dealkylation sites (tertiary alicyclic amines) is 1. The third kappa shape index (κ3) is 3.60. The first-order valence-electron chi connectivity index (χ1n) is 7.96. The molecule has 9 heteroatoms. The molecule has 25 heavy (non-hydrogen) atoms. The number of hydrogen-bond acceptors (Lipinski definition) is 6. The van der Waals surface area contributed by atoms with E-state index < -0.39 is 18.1 Å². The fourth-order valence-electron chi connectivity index (χ4n) is 3.19. The Morgan fingerprint density at radius 2 is 2.04 bits per heavy atom. The monoisotopic (exact) mass is 411 g/mol. The van der Waals surface area contributed by atoms with Crippen LogP contribution < -0.4 is 0 Å². The highest BCUT2D eigenvalue weighted by Gasteiger charge is 2.44. The average molecular weight is 412 g/mol. The molecule has 1 aromatic rings.